The molecule has 0 aliphatic heterocycles. The van der Waals surface area contributed by atoms with Crippen LogP contribution >= 0.6 is 15.9 Å². The molecule has 106 valence electrons. The van der Waals surface area contributed by atoms with Gasteiger partial charge in [-0.1, -0.05) is 20.8 Å². The van der Waals surface area contributed by atoms with Crippen molar-refractivity contribution in [1.82, 2.24) is 9.97 Å². The first-order valence-corrected chi connectivity index (χ1v) is 8.13. The maximum atomic E-state index is 4.83. The van der Waals surface area contributed by atoms with E-state index in [2.05, 4.69) is 48.9 Å². The van der Waals surface area contributed by atoms with Gasteiger partial charge in [-0.3, -0.25) is 0 Å². The minimum Gasteiger partial charge on any atom is -0.369 e. The zero-order valence-electron chi connectivity index (χ0n) is 12.3. The summed E-state index contributed by atoms with van der Waals surface area (Å²) in [5.41, 5.74) is 1.13. The average Bonchev–Trinajstić information content (AvgIpc) is 2.78. The van der Waals surface area contributed by atoms with E-state index in [0.717, 1.165) is 34.3 Å². The van der Waals surface area contributed by atoms with Crippen LogP contribution < -0.4 is 5.32 Å². The number of anilines is 1. The van der Waals surface area contributed by atoms with Crippen molar-refractivity contribution >= 4 is 21.7 Å². The summed E-state index contributed by atoms with van der Waals surface area (Å²) in [7, 11) is 0. The highest BCUT2D eigenvalue weighted by Crippen LogP contribution is 2.38. The molecule has 19 heavy (non-hydrogen) atoms. The topological polar surface area (TPSA) is 37.8 Å². The Hall–Kier alpha value is -0.640. The van der Waals surface area contributed by atoms with Crippen LogP contribution in [0.25, 0.3) is 0 Å². The Morgan fingerprint density at radius 1 is 1.32 bits per heavy atom. The Morgan fingerprint density at radius 3 is 2.58 bits per heavy atom. The summed E-state index contributed by atoms with van der Waals surface area (Å²) in [5.74, 6) is 3.75. The fourth-order valence-electron chi connectivity index (χ4n) is 2.77. The predicted octanol–water partition coefficient (Wildman–Crippen LogP) is 4.70. The highest BCUT2D eigenvalue weighted by molar-refractivity contribution is 9.10. The SMILES string of the molecule is CCNc1nc(C2CCC(C)C2)nc(C(C)C)c1Br. The van der Waals surface area contributed by atoms with Gasteiger partial charge in [0.2, 0.25) is 0 Å². The number of nitrogens with zero attached hydrogens (tertiary/aromatic N) is 2. The molecule has 0 saturated heterocycles. The van der Waals surface area contributed by atoms with E-state index >= 15 is 0 Å². The number of nitrogens with one attached hydrogen (secondary N) is 1. The monoisotopic (exact) mass is 325 g/mol. The molecule has 3 nitrogen and oxygen atoms in total. The van der Waals surface area contributed by atoms with Gasteiger partial charge in [-0.2, -0.15) is 0 Å². The zero-order valence-corrected chi connectivity index (χ0v) is 13.9. The summed E-state index contributed by atoms with van der Waals surface area (Å²) in [5, 5.41) is 3.35. The van der Waals surface area contributed by atoms with Gasteiger partial charge >= 0.3 is 0 Å². The minimum atomic E-state index is 0.410. The first-order valence-electron chi connectivity index (χ1n) is 7.34. The van der Waals surface area contributed by atoms with Gasteiger partial charge in [-0.15, -0.1) is 0 Å². The Labute approximate surface area is 124 Å². The lowest BCUT2D eigenvalue weighted by Gasteiger charge is -2.17. The normalized spacial score (nSPS) is 23.1. The number of hydrogen-bond acceptors (Lipinski definition) is 3. The molecule has 2 rings (SSSR count). The van der Waals surface area contributed by atoms with Crippen molar-refractivity contribution in [3.63, 3.8) is 0 Å². The molecule has 1 aromatic heterocycles. The Bertz CT molecular complexity index is 445. The van der Waals surface area contributed by atoms with Crippen LogP contribution in [0.4, 0.5) is 5.82 Å². The van der Waals surface area contributed by atoms with Gasteiger partial charge in [-0.05, 0) is 54.0 Å². The van der Waals surface area contributed by atoms with Gasteiger partial charge in [0, 0.05) is 12.5 Å². The van der Waals surface area contributed by atoms with Gasteiger partial charge in [-0.25, -0.2) is 9.97 Å². The first-order chi connectivity index (χ1) is 9.02. The molecular weight excluding hydrogens is 302 g/mol. The Morgan fingerprint density at radius 2 is 2.05 bits per heavy atom. The van der Waals surface area contributed by atoms with Crippen molar-refractivity contribution in [2.75, 3.05) is 11.9 Å². The molecule has 0 amide bonds. The molecule has 2 unspecified atom stereocenters. The van der Waals surface area contributed by atoms with E-state index < -0.39 is 0 Å². The second-order valence-corrected chi connectivity index (χ2v) is 6.72. The zero-order chi connectivity index (χ0) is 14.0. The largest absolute Gasteiger partial charge is 0.369 e. The summed E-state index contributed by atoms with van der Waals surface area (Å²) in [6.45, 7) is 9.68. The molecule has 1 saturated carbocycles. The third-order valence-electron chi connectivity index (χ3n) is 3.85. The van der Waals surface area contributed by atoms with Gasteiger partial charge in [0.1, 0.15) is 11.6 Å². The van der Waals surface area contributed by atoms with Crippen LogP contribution in [0.5, 0.6) is 0 Å². The van der Waals surface area contributed by atoms with Gasteiger partial charge in [0.25, 0.3) is 0 Å². The molecule has 0 bridgehead atoms. The quantitative estimate of drug-likeness (QED) is 0.871. The maximum absolute atomic E-state index is 4.83. The Kier molecular flexibility index (Phi) is 4.82. The second kappa shape index (κ2) is 6.21. The maximum Gasteiger partial charge on any atom is 0.144 e. The van der Waals surface area contributed by atoms with Gasteiger partial charge in [0.05, 0.1) is 10.2 Å². The molecular formula is C15H24BrN3. The van der Waals surface area contributed by atoms with Crippen molar-refractivity contribution in [3.8, 4) is 0 Å². The van der Waals surface area contributed by atoms with E-state index in [1.807, 2.05) is 0 Å². The Balaban J connectivity index is 2.38. The molecule has 2 atom stereocenters. The fourth-order valence-corrected chi connectivity index (χ4v) is 3.55. The molecule has 1 N–H and O–H groups in total. The second-order valence-electron chi connectivity index (χ2n) is 5.93. The van der Waals surface area contributed by atoms with Crippen LogP contribution in [0, 0.1) is 5.92 Å². The molecule has 1 aromatic rings. The van der Waals surface area contributed by atoms with Crippen LogP contribution in [0.15, 0.2) is 4.47 Å². The summed E-state index contributed by atoms with van der Waals surface area (Å²) < 4.78 is 1.03. The predicted molar refractivity (Wildman–Crippen MR) is 83.7 cm³/mol. The van der Waals surface area contributed by atoms with Crippen LogP contribution in [-0.4, -0.2) is 16.5 Å². The van der Waals surface area contributed by atoms with Crippen molar-refractivity contribution in [2.45, 2.75) is 58.8 Å². The lowest BCUT2D eigenvalue weighted by molar-refractivity contribution is 0.582. The minimum absolute atomic E-state index is 0.410. The van der Waals surface area contributed by atoms with Crippen LogP contribution in [0.1, 0.15) is 70.3 Å². The van der Waals surface area contributed by atoms with Crippen molar-refractivity contribution in [3.05, 3.63) is 16.0 Å². The average molecular weight is 326 g/mol. The van der Waals surface area contributed by atoms with Gasteiger partial charge < -0.3 is 5.32 Å². The van der Waals surface area contributed by atoms with E-state index in [4.69, 9.17) is 9.97 Å². The number of rotatable bonds is 4. The molecule has 1 aliphatic rings. The molecule has 0 spiro atoms. The van der Waals surface area contributed by atoms with E-state index in [-0.39, 0.29) is 0 Å². The van der Waals surface area contributed by atoms with Crippen LogP contribution in [0.3, 0.4) is 0 Å². The highest BCUT2D eigenvalue weighted by Gasteiger charge is 2.27. The smallest absolute Gasteiger partial charge is 0.144 e. The van der Waals surface area contributed by atoms with Crippen molar-refractivity contribution < 1.29 is 0 Å². The molecule has 1 fully saturated rings. The molecule has 1 aliphatic carbocycles. The molecule has 1 heterocycles. The van der Waals surface area contributed by atoms with E-state index in [1.54, 1.807) is 0 Å². The van der Waals surface area contributed by atoms with E-state index in [0.29, 0.717) is 11.8 Å². The standard InChI is InChI=1S/C15H24BrN3/c1-5-17-15-12(16)13(9(2)3)18-14(19-15)11-7-6-10(4)8-11/h9-11H,5-8H2,1-4H3,(H,17,18,19). The summed E-state index contributed by atoms with van der Waals surface area (Å²) in [4.78, 5) is 9.59. The van der Waals surface area contributed by atoms with E-state index in [9.17, 15) is 0 Å². The van der Waals surface area contributed by atoms with Crippen LogP contribution in [-0.2, 0) is 0 Å². The van der Waals surface area contributed by atoms with Gasteiger partial charge in [0.15, 0.2) is 0 Å². The third kappa shape index (κ3) is 3.28. The number of halogens is 1. The highest BCUT2D eigenvalue weighted by atomic mass is 79.9. The summed E-state index contributed by atoms with van der Waals surface area (Å²) in [6, 6.07) is 0. The molecule has 0 radical (unpaired) electrons. The van der Waals surface area contributed by atoms with Crippen molar-refractivity contribution in [2.24, 2.45) is 5.92 Å². The first kappa shape index (κ1) is 14.8. The fraction of sp³-hybridized carbons (Fsp3) is 0.733. The van der Waals surface area contributed by atoms with Crippen molar-refractivity contribution in [1.29, 1.82) is 0 Å². The third-order valence-corrected chi connectivity index (χ3v) is 4.63. The van der Waals surface area contributed by atoms with E-state index in [1.165, 1.54) is 19.3 Å². The summed E-state index contributed by atoms with van der Waals surface area (Å²) in [6.07, 6.45) is 3.76. The number of hydrogen-bond donors (Lipinski definition) is 1. The molecule has 0 aromatic carbocycles. The lowest BCUT2D eigenvalue weighted by Crippen LogP contribution is -2.11. The van der Waals surface area contributed by atoms with Crippen LogP contribution in [0.2, 0.25) is 0 Å². The lowest BCUT2D eigenvalue weighted by atomic mass is 10.0. The summed E-state index contributed by atoms with van der Waals surface area (Å²) >= 11 is 3.65. The molecule has 4 heteroatoms. The number of aromatic nitrogens is 2.